The van der Waals surface area contributed by atoms with E-state index in [1.54, 1.807) is 50.2 Å². The summed E-state index contributed by atoms with van der Waals surface area (Å²) in [5, 5.41) is 14.9. The van der Waals surface area contributed by atoms with Gasteiger partial charge in [-0.3, -0.25) is 9.59 Å². The predicted molar refractivity (Wildman–Crippen MR) is 100 cm³/mol. The summed E-state index contributed by atoms with van der Waals surface area (Å²) in [6.07, 6.45) is 0. The molecule has 0 heterocycles. The second kappa shape index (κ2) is 8.32. The predicted octanol–water partition coefficient (Wildman–Crippen LogP) is 2.03. The number of rotatable bonds is 4. The van der Waals surface area contributed by atoms with Crippen molar-refractivity contribution >= 4 is 11.8 Å². The first-order chi connectivity index (χ1) is 12.3. The molecule has 1 atom stereocenters. The highest BCUT2D eigenvalue weighted by Gasteiger charge is 2.22. The minimum atomic E-state index is -1.08. The second-order valence-electron chi connectivity index (χ2n) is 6.32. The summed E-state index contributed by atoms with van der Waals surface area (Å²) in [6, 6.07) is 14.9. The summed E-state index contributed by atoms with van der Waals surface area (Å²) in [5.41, 5.74) is 0.734. The van der Waals surface area contributed by atoms with Crippen molar-refractivity contribution in [2.75, 3.05) is 7.05 Å². The largest absolute Gasteiger partial charge is 0.378 e. The lowest BCUT2D eigenvalue weighted by molar-refractivity contribution is -0.122. The lowest BCUT2D eigenvalue weighted by Crippen LogP contribution is -2.39. The van der Waals surface area contributed by atoms with E-state index in [0.717, 1.165) is 0 Å². The van der Waals surface area contributed by atoms with Gasteiger partial charge in [-0.15, -0.1) is 0 Å². The van der Waals surface area contributed by atoms with Crippen molar-refractivity contribution < 1.29 is 14.7 Å². The first-order valence-corrected chi connectivity index (χ1v) is 8.23. The average Bonchev–Trinajstić information content (AvgIpc) is 2.64. The van der Waals surface area contributed by atoms with Crippen LogP contribution < -0.4 is 10.6 Å². The standard InChI is InChI=1S/C21H22N2O3/c1-21(2,26)14-13-15-9-11-17(12-10-15)19(24)23-18(20(25)22-3)16-7-5-4-6-8-16/h4-12,18,26H,1-3H3,(H,22,25)(H,23,24). The molecule has 2 aromatic carbocycles. The van der Waals surface area contributed by atoms with Gasteiger partial charge in [0.05, 0.1) is 0 Å². The third-order valence-corrected chi connectivity index (χ3v) is 3.58. The van der Waals surface area contributed by atoms with Crippen LogP contribution in [0.25, 0.3) is 0 Å². The van der Waals surface area contributed by atoms with Crippen LogP contribution in [-0.4, -0.2) is 29.6 Å². The Hall–Kier alpha value is -3.10. The van der Waals surface area contributed by atoms with Gasteiger partial charge < -0.3 is 15.7 Å². The summed E-state index contributed by atoms with van der Waals surface area (Å²) in [5.74, 6) is 4.91. The van der Waals surface area contributed by atoms with E-state index in [0.29, 0.717) is 16.7 Å². The van der Waals surface area contributed by atoms with Gasteiger partial charge in [-0.1, -0.05) is 42.2 Å². The van der Waals surface area contributed by atoms with Crippen LogP contribution in [0.2, 0.25) is 0 Å². The molecule has 0 fully saturated rings. The Morgan fingerprint density at radius 1 is 1.04 bits per heavy atom. The average molecular weight is 350 g/mol. The maximum atomic E-state index is 12.5. The third-order valence-electron chi connectivity index (χ3n) is 3.58. The van der Waals surface area contributed by atoms with Crippen molar-refractivity contribution in [1.29, 1.82) is 0 Å². The van der Waals surface area contributed by atoms with Crippen LogP contribution in [-0.2, 0) is 4.79 Å². The Morgan fingerprint density at radius 3 is 2.19 bits per heavy atom. The molecule has 0 aliphatic rings. The van der Waals surface area contributed by atoms with Gasteiger partial charge in [0.15, 0.2) is 0 Å². The van der Waals surface area contributed by atoms with Crippen LogP contribution >= 0.6 is 0 Å². The molecule has 0 aliphatic carbocycles. The fourth-order valence-electron chi connectivity index (χ4n) is 2.23. The number of carbonyl (C=O) groups is 2. The Morgan fingerprint density at radius 2 is 1.65 bits per heavy atom. The summed E-state index contributed by atoms with van der Waals surface area (Å²) in [4.78, 5) is 24.7. The minimum absolute atomic E-state index is 0.294. The summed E-state index contributed by atoms with van der Waals surface area (Å²) in [7, 11) is 1.53. The smallest absolute Gasteiger partial charge is 0.252 e. The monoisotopic (exact) mass is 350 g/mol. The Bertz CT molecular complexity index is 826. The zero-order valence-electron chi connectivity index (χ0n) is 15.0. The van der Waals surface area contributed by atoms with Crippen LogP contribution in [0.1, 0.15) is 41.4 Å². The Kier molecular flexibility index (Phi) is 6.16. The number of hydrogen-bond donors (Lipinski definition) is 3. The molecule has 134 valence electrons. The first kappa shape index (κ1) is 19.2. The van der Waals surface area contributed by atoms with Gasteiger partial charge in [-0.2, -0.15) is 0 Å². The molecule has 0 aliphatic heterocycles. The number of benzene rings is 2. The normalized spacial score (nSPS) is 11.7. The van der Waals surface area contributed by atoms with Gasteiger partial charge in [0, 0.05) is 18.2 Å². The number of likely N-dealkylation sites (N-methyl/N-ethyl adjacent to an activating group) is 1. The van der Waals surface area contributed by atoms with E-state index in [1.165, 1.54) is 7.05 Å². The number of carbonyl (C=O) groups excluding carboxylic acids is 2. The Labute approximate surface area is 153 Å². The molecule has 3 N–H and O–H groups in total. The summed E-state index contributed by atoms with van der Waals surface area (Å²) < 4.78 is 0. The van der Waals surface area contributed by atoms with Crippen molar-refractivity contribution in [3.8, 4) is 11.8 Å². The first-order valence-electron chi connectivity index (χ1n) is 8.23. The highest BCUT2D eigenvalue weighted by atomic mass is 16.3. The molecule has 0 saturated heterocycles. The van der Waals surface area contributed by atoms with Crippen LogP contribution in [0.15, 0.2) is 54.6 Å². The molecule has 2 rings (SSSR count). The van der Waals surface area contributed by atoms with Gasteiger partial charge in [0.1, 0.15) is 11.6 Å². The third kappa shape index (κ3) is 5.47. The van der Waals surface area contributed by atoms with Gasteiger partial charge in [0.2, 0.25) is 5.91 Å². The van der Waals surface area contributed by atoms with Crippen LogP contribution in [0, 0.1) is 11.8 Å². The zero-order chi connectivity index (χ0) is 19.2. The van der Waals surface area contributed by atoms with Crippen molar-refractivity contribution in [3.05, 3.63) is 71.3 Å². The van der Waals surface area contributed by atoms with Crippen molar-refractivity contribution in [3.63, 3.8) is 0 Å². The molecule has 26 heavy (non-hydrogen) atoms. The number of aliphatic hydroxyl groups is 1. The number of amides is 2. The fraction of sp³-hybridized carbons (Fsp3) is 0.238. The topological polar surface area (TPSA) is 78.4 Å². The van der Waals surface area contributed by atoms with E-state index in [9.17, 15) is 14.7 Å². The summed E-state index contributed by atoms with van der Waals surface area (Å²) >= 11 is 0. The van der Waals surface area contributed by atoms with Crippen LogP contribution in [0.4, 0.5) is 0 Å². The van der Waals surface area contributed by atoms with Gasteiger partial charge in [-0.05, 0) is 43.7 Å². The van der Waals surface area contributed by atoms with E-state index in [2.05, 4.69) is 22.5 Å². The van der Waals surface area contributed by atoms with Crippen molar-refractivity contribution in [1.82, 2.24) is 10.6 Å². The summed E-state index contributed by atoms with van der Waals surface area (Å²) in [6.45, 7) is 3.20. The van der Waals surface area contributed by atoms with E-state index in [-0.39, 0.29) is 11.8 Å². The van der Waals surface area contributed by atoms with Crippen molar-refractivity contribution in [2.45, 2.75) is 25.5 Å². The molecule has 0 saturated carbocycles. The molecule has 1 unspecified atom stereocenters. The molecular formula is C21H22N2O3. The lowest BCUT2D eigenvalue weighted by atomic mass is 10.0. The highest BCUT2D eigenvalue weighted by Crippen LogP contribution is 2.14. The minimum Gasteiger partial charge on any atom is -0.378 e. The quantitative estimate of drug-likeness (QED) is 0.738. The number of nitrogens with one attached hydrogen (secondary N) is 2. The molecule has 2 aromatic rings. The van der Waals surface area contributed by atoms with Gasteiger partial charge in [0.25, 0.3) is 5.91 Å². The van der Waals surface area contributed by atoms with E-state index in [1.807, 2.05) is 18.2 Å². The molecule has 2 amide bonds. The Balaban J connectivity index is 2.16. The number of hydrogen-bond acceptors (Lipinski definition) is 3. The van der Waals surface area contributed by atoms with Crippen LogP contribution in [0.5, 0.6) is 0 Å². The van der Waals surface area contributed by atoms with E-state index in [4.69, 9.17) is 0 Å². The van der Waals surface area contributed by atoms with E-state index >= 15 is 0 Å². The molecule has 0 radical (unpaired) electrons. The van der Waals surface area contributed by atoms with Gasteiger partial charge >= 0.3 is 0 Å². The SMILES string of the molecule is CNC(=O)C(NC(=O)c1ccc(C#CC(C)(C)O)cc1)c1ccccc1. The molecule has 5 heteroatoms. The highest BCUT2D eigenvalue weighted by molar-refractivity contribution is 5.97. The van der Waals surface area contributed by atoms with E-state index < -0.39 is 11.6 Å². The molecule has 0 bridgehead atoms. The molecule has 0 spiro atoms. The maximum absolute atomic E-state index is 12.5. The second-order valence-corrected chi connectivity index (χ2v) is 6.32. The van der Waals surface area contributed by atoms with Crippen molar-refractivity contribution in [2.24, 2.45) is 0 Å². The molecule has 0 aromatic heterocycles. The molecular weight excluding hydrogens is 328 g/mol. The lowest BCUT2D eigenvalue weighted by Gasteiger charge is -2.17. The fourth-order valence-corrected chi connectivity index (χ4v) is 2.23. The zero-order valence-corrected chi connectivity index (χ0v) is 15.0. The van der Waals surface area contributed by atoms with Crippen LogP contribution in [0.3, 0.4) is 0 Å². The molecule has 5 nitrogen and oxygen atoms in total. The van der Waals surface area contributed by atoms with Gasteiger partial charge in [-0.25, -0.2) is 0 Å². The maximum Gasteiger partial charge on any atom is 0.252 e.